The number of aromatic nitrogens is 1. The summed E-state index contributed by atoms with van der Waals surface area (Å²) < 4.78 is 5.47. The summed E-state index contributed by atoms with van der Waals surface area (Å²) in [6.07, 6.45) is 1.83. The van der Waals surface area contributed by atoms with Gasteiger partial charge in [0, 0.05) is 17.5 Å². The Hall–Kier alpha value is -3.76. The Kier molecular flexibility index (Phi) is 5.18. The highest BCUT2D eigenvalue weighted by Gasteiger charge is 2.23. The first-order valence-electron chi connectivity index (χ1n) is 9.30. The smallest absolute Gasteiger partial charge is 0.282 e. The van der Waals surface area contributed by atoms with Gasteiger partial charge in [0.1, 0.15) is 18.6 Å². The monoisotopic (exact) mass is 387 g/mol. The molecule has 7 nitrogen and oxygen atoms in total. The molecule has 2 heterocycles. The Morgan fingerprint density at radius 3 is 2.59 bits per heavy atom. The molecule has 4 rings (SSSR count). The van der Waals surface area contributed by atoms with Crippen molar-refractivity contribution in [1.29, 1.82) is 5.26 Å². The lowest BCUT2D eigenvalue weighted by Crippen LogP contribution is -2.40. The molecular weight excluding hydrogens is 368 g/mol. The average molecular weight is 387 g/mol. The molecule has 0 atom stereocenters. The van der Waals surface area contributed by atoms with Gasteiger partial charge in [0.05, 0.1) is 35.3 Å². The van der Waals surface area contributed by atoms with Gasteiger partial charge in [-0.1, -0.05) is 18.2 Å². The van der Waals surface area contributed by atoms with E-state index in [1.807, 2.05) is 30.3 Å². The van der Waals surface area contributed by atoms with Crippen molar-refractivity contribution in [3.63, 3.8) is 0 Å². The van der Waals surface area contributed by atoms with Gasteiger partial charge in [-0.2, -0.15) is 5.26 Å². The molecule has 1 saturated heterocycles. The number of ether oxygens (including phenoxy) is 1. The number of fused-ring (bicyclic) bond motifs is 1. The normalized spacial score (nSPS) is 14.6. The molecule has 0 bridgehead atoms. The molecule has 2 aromatic carbocycles. The highest BCUT2D eigenvalue weighted by molar-refractivity contribution is 5.93. The lowest BCUT2D eigenvalue weighted by atomic mass is 10.0. The van der Waals surface area contributed by atoms with Crippen molar-refractivity contribution in [1.82, 2.24) is 0 Å². The van der Waals surface area contributed by atoms with Crippen molar-refractivity contribution in [2.45, 2.75) is 0 Å². The van der Waals surface area contributed by atoms with Gasteiger partial charge in [-0.05, 0) is 35.9 Å². The Labute approximate surface area is 167 Å². The van der Waals surface area contributed by atoms with Crippen LogP contribution in [0.25, 0.3) is 22.6 Å². The van der Waals surface area contributed by atoms with E-state index in [-0.39, 0.29) is 5.69 Å². The van der Waals surface area contributed by atoms with Crippen molar-refractivity contribution < 1.29 is 14.6 Å². The summed E-state index contributed by atoms with van der Waals surface area (Å²) in [5, 5.41) is 21.7. The second-order valence-corrected chi connectivity index (χ2v) is 6.73. The van der Waals surface area contributed by atoms with Crippen LogP contribution in [0.1, 0.15) is 11.1 Å². The van der Waals surface area contributed by atoms with E-state index in [9.17, 15) is 15.4 Å². The second-order valence-electron chi connectivity index (χ2n) is 6.73. The molecule has 3 aromatic rings. The number of nitrogens with one attached hydrogen (secondary N) is 1. The lowest BCUT2D eigenvalue weighted by Gasteiger charge is -2.22. The maximum atomic E-state index is 10.9. The summed E-state index contributed by atoms with van der Waals surface area (Å²) in [6.45, 7) is 2.82. The molecule has 1 fully saturated rings. The van der Waals surface area contributed by atoms with Crippen LogP contribution in [0.5, 0.6) is 0 Å². The number of H-pyrrole nitrogens is 1. The van der Waals surface area contributed by atoms with E-state index in [2.05, 4.69) is 22.0 Å². The van der Waals surface area contributed by atoms with Gasteiger partial charge in [-0.25, -0.2) is 4.98 Å². The van der Waals surface area contributed by atoms with Gasteiger partial charge in [-0.15, -0.1) is 0 Å². The van der Waals surface area contributed by atoms with Crippen LogP contribution in [0.15, 0.2) is 54.6 Å². The molecule has 1 aliphatic rings. The van der Waals surface area contributed by atoms with Gasteiger partial charge in [0.2, 0.25) is 0 Å². The van der Waals surface area contributed by atoms with Crippen LogP contribution in [0.2, 0.25) is 0 Å². The summed E-state index contributed by atoms with van der Waals surface area (Å²) in [4.78, 5) is 16.2. The number of nitro benzene ring substituents is 1. The van der Waals surface area contributed by atoms with E-state index in [0.29, 0.717) is 24.4 Å². The molecule has 29 heavy (non-hydrogen) atoms. The number of allylic oxidation sites excluding steroid dienone is 1. The molecule has 0 aliphatic carbocycles. The third kappa shape index (κ3) is 3.93. The van der Waals surface area contributed by atoms with Crippen LogP contribution in [-0.4, -0.2) is 31.2 Å². The van der Waals surface area contributed by atoms with E-state index in [1.165, 1.54) is 12.1 Å². The molecule has 0 saturated carbocycles. The molecule has 0 amide bonds. The number of hydrogen-bond donors (Lipinski definition) is 0. The number of non-ortho nitro benzene ring substituents is 1. The van der Waals surface area contributed by atoms with E-state index < -0.39 is 4.92 Å². The van der Waals surface area contributed by atoms with E-state index in [0.717, 1.165) is 35.4 Å². The van der Waals surface area contributed by atoms with Crippen LogP contribution >= 0.6 is 0 Å². The zero-order chi connectivity index (χ0) is 20.2. The first-order chi connectivity index (χ1) is 14.2. The average Bonchev–Trinajstić information content (AvgIpc) is 2.77. The van der Waals surface area contributed by atoms with Crippen molar-refractivity contribution in [3.8, 4) is 6.07 Å². The van der Waals surface area contributed by atoms with Crippen LogP contribution < -0.4 is 9.88 Å². The number of nitriles is 1. The molecule has 0 unspecified atom stereocenters. The van der Waals surface area contributed by atoms with Crippen molar-refractivity contribution in [2.75, 3.05) is 31.2 Å². The fourth-order valence-electron chi connectivity index (χ4n) is 3.43. The summed E-state index contributed by atoms with van der Waals surface area (Å²) in [5.74, 6) is 0.932. The Morgan fingerprint density at radius 1 is 1.17 bits per heavy atom. The number of para-hydroxylation sites is 1. The number of anilines is 1. The minimum atomic E-state index is -0.450. The van der Waals surface area contributed by atoms with Crippen LogP contribution in [0.4, 0.5) is 11.5 Å². The maximum absolute atomic E-state index is 10.9. The lowest BCUT2D eigenvalue weighted by molar-refractivity contribution is -0.384. The number of nitrogens with zero attached hydrogens (tertiary/aromatic N) is 3. The molecule has 1 aromatic heterocycles. The number of rotatable bonds is 4. The standard InChI is InChI=1S/C22H18N4O3/c23-15-19(16-5-7-20(8-6-16)26(27)28)14-18-13-17-3-1-2-4-21(17)24-22(18)25-9-11-29-12-10-25/h1-8,13-14H,9-12H2/p+1/b19-14-. The first-order valence-corrected chi connectivity index (χ1v) is 9.30. The summed E-state index contributed by atoms with van der Waals surface area (Å²) in [5.41, 5.74) is 2.98. The van der Waals surface area contributed by atoms with Crippen molar-refractivity contribution in [2.24, 2.45) is 0 Å². The number of pyridine rings is 1. The summed E-state index contributed by atoms with van der Waals surface area (Å²) in [7, 11) is 0. The Morgan fingerprint density at radius 2 is 1.90 bits per heavy atom. The fraction of sp³-hybridized carbons (Fsp3) is 0.182. The third-order valence-corrected chi connectivity index (χ3v) is 4.94. The minimum Gasteiger partial charge on any atom is -0.373 e. The molecule has 0 radical (unpaired) electrons. The number of nitro groups is 1. The van der Waals surface area contributed by atoms with Gasteiger partial charge >= 0.3 is 0 Å². The number of benzene rings is 2. The molecule has 1 aliphatic heterocycles. The number of hydrogen-bond acceptors (Lipinski definition) is 5. The Bertz CT molecular complexity index is 1130. The summed E-state index contributed by atoms with van der Waals surface area (Å²) in [6, 6.07) is 18.3. The van der Waals surface area contributed by atoms with E-state index >= 15 is 0 Å². The quantitative estimate of drug-likeness (QED) is 0.388. The SMILES string of the molecule is N#C/C(=C/c1cc2ccccc2[nH+]c1N1CCOCC1)c1ccc([N+](=O)[O-])cc1. The van der Waals surface area contributed by atoms with Crippen molar-refractivity contribution in [3.05, 3.63) is 75.8 Å². The van der Waals surface area contributed by atoms with Crippen LogP contribution in [-0.2, 0) is 4.74 Å². The van der Waals surface area contributed by atoms with E-state index in [1.54, 1.807) is 12.1 Å². The summed E-state index contributed by atoms with van der Waals surface area (Å²) >= 11 is 0. The van der Waals surface area contributed by atoms with Gasteiger partial charge in [-0.3, -0.25) is 15.0 Å². The molecule has 1 N–H and O–H groups in total. The largest absolute Gasteiger partial charge is 0.373 e. The first kappa shape index (κ1) is 18.6. The molecule has 7 heteroatoms. The maximum Gasteiger partial charge on any atom is 0.282 e. The number of morpholine rings is 1. The zero-order valence-electron chi connectivity index (χ0n) is 15.7. The minimum absolute atomic E-state index is 0.000848. The zero-order valence-corrected chi connectivity index (χ0v) is 15.7. The van der Waals surface area contributed by atoms with Gasteiger partial charge in [0.25, 0.3) is 11.5 Å². The molecule has 0 spiro atoms. The Balaban J connectivity index is 1.81. The van der Waals surface area contributed by atoms with E-state index in [4.69, 9.17) is 4.74 Å². The molecule has 144 valence electrons. The fourth-order valence-corrected chi connectivity index (χ4v) is 3.43. The highest BCUT2D eigenvalue weighted by atomic mass is 16.6. The predicted molar refractivity (Wildman–Crippen MR) is 110 cm³/mol. The topological polar surface area (TPSA) is 93.5 Å². The third-order valence-electron chi connectivity index (χ3n) is 4.94. The van der Waals surface area contributed by atoms with Crippen molar-refractivity contribution >= 4 is 34.1 Å². The molecular formula is C22H19N4O3+. The second kappa shape index (κ2) is 8.09. The highest BCUT2D eigenvalue weighted by Crippen LogP contribution is 2.27. The number of aromatic amines is 1. The predicted octanol–water partition coefficient (Wildman–Crippen LogP) is 3.46. The van der Waals surface area contributed by atoms with Gasteiger partial charge < -0.3 is 4.74 Å². The van der Waals surface area contributed by atoms with Crippen LogP contribution in [0, 0.1) is 21.4 Å². The van der Waals surface area contributed by atoms with Crippen LogP contribution in [0.3, 0.4) is 0 Å². The van der Waals surface area contributed by atoms with Gasteiger partial charge in [0.15, 0.2) is 0 Å².